The van der Waals surface area contributed by atoms with E-state index in [4.69, 9.17) is 9.47 Å². The quantitative estimate of drug-likeness (QED) is 0.539. The van der Waals surface area contributed by atoms with E-state index in [1.54, 1.807) is 49.6 Å². The number of amides is 2. The lowest BCUT2D eigenvalue weighted by Crippen LogP contribution is -2.36. The van der Waals surface area contributed by atoms with Gasteiger partial charge in [-0.15, -0.1) is 0 Å². The normalized spacial score (nSPS) is 14.2. The van der Waals surface area contributed by atoms with Crippen LogP contribution in [0.3, 0.4) is 0 Å². The van der Waals surface area contributed by atoms with Gasteiger partial charge >= 0.3 is 0 Å². The number of hydrogen-bond donors (Lipinski definition) is 2. The van der Waals surface area contributed by atoms with E-state index in [0.29, 0.717) is 40.3 Å². The van der Waals surface area contributed by atoms with Crippen LogP contribution in [0, 0.1) is 0 Å². The van der Waals surface area contributed by atoms with Crippen molar-refractivity contribution in [3.63, 3.8) is 0 Å². The minimum absolute atomic E-state index is 0.0988. The monoisotopic (exact) mass is 474 g/mol. The van der Waals surface area contributed by atoms with Gasteiger partial charge in [-0.3, -0.25) is 9.59 Å². The molecule has 1 saturated carbocycles. The Labute approximate surface area is 185 Å². The number of nitrogens with one attached hydrogen (secondary N) is 2. The average molecular weight is 475 g/mol. The number of benzene rings is 2. The van der Waals surface area contributed by atoms with Crippen molar-refractivity contribution in [2.45, 2.75) is 38.1 Å². The van der Waals surface area contributed by atoms with E-state index < -0.39 is 0 Å². The summed E-state index contributed by atoms with van der Waals surface area (Å²) in [4.78, 5) is 25.2. The topological polar surface area (TPSA) is 76.7 Å². The van der Waals surface area contributed by atoms with Gasteiger partial charge in [-0.2, -0.15) is 0 Å². The number of carbonyl (C=O) groups is 2. The third-order valence-corrected chi connectivity index (χ3v) is 5.68. The van der Waals surface area contributed by atoms with Crippen molar-refractivity contribution in [1.29, 1.82) is 0 Å². The fourth-order valence-corrected chi connectivity index (χ4v) is 3.94. The Hall–Kier alpha value is -2.38. The Balaban J connectivity index is 1.61. The van der Waals surface area contributed by atoms with Crippen LogP contribution < -0.4 is 15.4 Å². The minimum Gasteiger partial charge on any atom is -0.490 e. The van der Waals surface area contributed by atoms with E-state index in [-0.39, 0.29) is 17.9 Å². The van der Waals surface area contributed by atoms with Crippen LogP contribution in [-0.2, 0) is 4.74 Å². The Bertz CT molecular complexity index is 881. The fourth-order valence-electron chi connectivity index (χ4n) is 3.45. The average Bonchev–Trinajstić information content (AvgIpc) is 2.76. The van der Waals surface area contributed by atoms with Crippen LogP contribution in [0.15, 0.2) is 46.9 Å². The number of ether oxygens (including phenoxy) is 2. The smallest absolute Gasteiger partial charge is 0.255 e. The zero-order valence-corrected chi connectivity index (χ0v) is 18.7. The molecule has 1 aliphatic carbocycles. The van der Waals surface area contributed by atoms with Gasteiger partial charge in [0.05, 0.1) is 11.1 Å². The second kappa shape index (κ2) is 11.1. The molecule has 0 aliphatic heterocycles. The van der Waals surface area contributed by atoms with Crippen molar-refractivity contribution in [3.8, 4) is 5.75 Å². The molecule has 0 spiro atoms. The van der Waals surface area contributed by atoms with Crippen LogP contribution in [0.5, 0.6) is 5.75 Å². The SMILES string of the molecule is COCCOc1ccc(C(=O)Nc2cccc(C(=O)NC3CCCCC3)c2)cc1Br. The molecule has 0 radical (unpaired) electrons. The number of rotatable bonds is 8. The molecule has 2 amide bonds. The maximum Gasteiger partial charge on any atom is 0.255 e. The van der Waals surface area contributed by atoms with Crippen LogP contribution in [0.25, 0.3) is 0 Å². The number of hydrogen-bond acceptors (Lipinski definition) is 4. The van der Waals surface area contributed by atoms with Gasteiger partial charge in [0.1, 0.15) is 12.4 Å². The summed E-state index contributed by atoms with van der Waals surface area (Å²) in [5, 5.41) is 5.96. The van der Waals surface area contributed by atoms with Gasteiger partial charge < -0.3 is 20.1 Å². The molecule has 1 fully saturated rings. The third-order valence-electron chi connectivity index (χ3n) is 5.06. The van der Waals surface area contributed by atoms with Crippen molar-refractivity contribution >= 4 is 33.4 Å². The minimum atomic E-state index is -0.260. The van der Waals surface area contributed by atoms with Crippen LogP contribution in [0.4, 0.5) is 5.69 Å². The number of methoxy groups -OCH3 is 1. The molecular formula is C23H27BrN2O4. The Morgan fingerprint density at radius 1 is 1.00 bits per heavy atom. The van der Waals surface area contributed by atoms with Crippen molar-refractivity contribution < 1.29 is 19.1 Å². The van der Waals surface area contributed by atoms with Crippen LogP contribution >= 0.6 is 15.9 Å². The fraction of sp³-hybridized carbons (Fsp3) is 0.391. The first-order valence-electron chi connectivity index (χ1n) is 10.2. The van der Waals surface area contributed by atoms with E-state index in [1.165, 1.54) is 6.42 Å². The highest BCUT2D eigenvalue weighted by Gasteiger charge is 2.17. The first-order chi connectivity index (χ1) is 14.6. The second-order valence-corrected chi connectivity index (χ2v) is 8.18. The Kier molecular flexibility index (Phi) is 8.28. The van der Waals surface area contributed by atoms with E-state index in [0.717, 1.165) is 25.7 Å². The van der Waals surface area contributed by atoms with Crippen LogP contribution in [-0.4, -0.2) is 38.2 Å². The lowest BCUT2D eigenvalue weighted by Gasteiger charge is -2.22. The molecule has 6 nitrogen and oxygen atoms in total. The van der Waals surface area contributed by atoms with E-state index >= 15 is 0 Å². The maximum absolute atomic E-state index is 12.6. The molecule has 7 heteroatoms. The summed E-state index contributed by atoms with van der Waals surface area (Å²) in [7, 11) is 1.61. The van der Waals surface area contributed by atoms with Gasteiger partial charge in [0.15, 0.2) is 0 Å². The summed E-state index contributed by atoms with van der Waals surface area (Å²) in [5.41, 5.74) is 1.60. The number of halogens is 1. The molecular weight excluding hydrogens is 448 g/mol. The lowest BCUT2D eigenvalue weighted by atomic mass is 9.95. The largest absolute Gasteiger partial charge is 0.490 e. The van der Waals surface area contributed by atoms with E-state index in [2.05, 4.69) is 26.6 Å². The standard InChI is InChI=1S/C23H27BrN2O4/c1-29-12-13-30-21-11-10-17(15-20(21)24)23(28)26-19-9-5-6-16(14-19)22(27)25-18-7-3-2-4-8-18/h5-6,9-11,14-15,18H,2-4,7-8,12-13H2,1H3,(H,25,27)(H,26,28). The van der Waals surface area contributed by atoms with Crippen molar-refractivity contribution in [2.75, 3.05) is 25.6 Å². The predicted octanol–water partition coefficient (Wildman–Crippen LogP) is 4.79. The van der Waals surface area contributed by atoms with Gasteiger partial charge in [0, 0.05) is 30.0 Å². The predicted molar refractivity (Wildman–Crippen MR) is 120 cm³/mol. The summed E-state index contributed by atoms with van der Waals surface area (Å²) in [6.07, 6.45) is 5.62. The molecule has 2 aromatic rings. The summed E-state index contributed by atoms with van der Waals surface area (Å²) < 4.78 is 11.2. The van der Waals surface area contributed by atoms with Crippen molar-refractivity contribution in [2.24, 2.45) is 0 Å². The highest BCUT2D eigenvalue weighted by molar-refractivity contribution is 9.10. The Morgan fingerprint density at radius 3 is 2.50 bits per heavy atom. The number of carbonyl (C=O) groups excluding carboxylic acids is 2. The van der Waals surface area contributed by atoms with Crippen LogP contribution in [0.1, 0.15) is 52.8 Å². The summed E-state index contributed by atoms with van der Waals surface area (Å²) in [6, 6.07) is 12.4. The van der Waals surface area contributed by atoms with E-state index in [1.807, 2.05) is 0 Å². The maximum atomic E-state index is 12.6. The first kappa shape index (κ1) is 22.3. The molecule has 2 aromatic carbocycles. The molecule has 0 unspecified atom stereocenters. The van der Waals surface area contributed by atoms with E-state index in [9.17, 15) is 9.59 Å². The zero-order valence-electron chi connectivity index (χ0n) is 17.1. The van der Waals surface area contributed by atoms with Gasteiger partial charge in [0.25, 0.3) is 11.8 Å². The summed E-state index contributed by atoms with van der Waals surface area (Å²) in [5.74, 6) is 0.285. The lowest BCUT2D eigenvalue weighted by molar-refractivity contribution is 0.0926. The molecule has 2 N–H and O–H groups in total. The summed E-state index contributed by atoms with van der Waals surface area (Å²) >= 11 is 3.43. The van der Waals surface area contributed by atoms with Gasteiger partial charge in [-0.05, 0) is 65.2 Å². The molecule has 0 atom stereocenters. The van der Waals surface area contributed by atoms with Crippen LogP contribution in [0.2, 0.25) is 0 Å². The number of anilines is 1. The molecule has 30 heavy (non-hydrogen) atoms. The highest BCUT2D eigenvalue weighted by atomic mass is 79.9. The van der Waals surface area contributed by atoms with Gasteiger partial charge in [-0.25, -0.2) is 0 Å². The Morgan fingerprint density at radius 2 is 1.77 bits per heavy atom. The third kappa shape index (κ3) is 6.31. The molecule has 0 aromatic heterocycles. The molecule has 160 valence electrons. The first-order valence-corrected chi connectivity index (χ1v) is 11.0. The second-order valence-electron chi connectivity index (χ2n) is 7.33. The highest BCUT2D eigenvalue weighted by Crippen LogP contribution is 2.26. The zero-order chi connectivity index (χ0) is 21.3. The molecule has 0 saturated heterocycles. The molecule has 3 rings (SSSR count). The van der Waals surface area contributed by atoms with Gasteiger partial charge in [0.2, 0.25) is 0 Å². The molecule has 1 aliphatic rings. The van der Waals surface area contributed by atoms with Crippen molar-refractivity contribution in [1.82, 2.24) is 5.32 Å². The molecule has 0 heterocycles. The summed E-state index contributed by atoms with van der Waals surface area (Å²) in [6.45, 7) is 0.912. The van der Waals surface area contributed by atoms with Crippen molar-refractivity contribution in [3.05, 3.63) is 58.1 Å². The van der Waals surface area contributed by atoms with Gasteiger partial charge in [-0.1, -0.05) is 25.3 Å². The molecule has 0 bridgehead atoms.